The predicted octanol–water partition coefficient (Wildman–Crippen LogP) is 1.81. The highest BCUT2D eigenvalue weighted by atomic mass is 16.5. The standard InChI is InChI=1S/C23H28N2O6/c1-29-15-10-19(30-2)18(20(11-15)31-3)8-9-21(26)24-12-14(13-24)25-22(27)16-6-4-5-7-17(16)23(25)28/h4-5,10-11,14,16-17H,6-9,12-13H2,1-3H3. The van der Waals surface area contributed by atoms with Gasteiger partial charge in [0.05, 0.1) is 39.2 Å². The minimum atomic E-state index is -0.225. The zero-order valence-electron chi connectivity index (χ0n) is 18.1. The number of hydrogen-bond acceptors (Lipinski definition) is 6. The van der Waals surface area contributed by atoms with Crippen LogP contribution in [0.4, 0.5) is 0 Å². The maximum absolute atomic E-state index is 12.7. The highest BCUT2D eigenvalue weighted by Crippen LogP contribution is 2.38. The second-order valence-electron chi connectivity index (χ2n) is 8.17. The summed E-state index contributed by atoms with van der Waals surface area (Å²) in [5.41, 5.74) is 0.803. The van der Waals surface area contributed by atoms with Crippen LogP contribution in [0.5, 0.6) is 17.2 Å². The van der Waals surface area contributed by atoms with Crippen LogP contribution in [-0.2, 0) is 20.8 Å². The van der Waals surface area contributed by atoms with E-state index in [9.17, 15) is 14.4 Å². The van der Waals surface area contributed by atoms with Crippen molar-refractivity contribution < 1.29 is 28.6 Å². The van der Waals surface area contributed by atoms with E-state index in [4.69, 9.17) is 14.2 Å². The molecule has 2 heterocycles. The van der Waals surface area contributed by atoms with Crippen LogP contribution in [0.1, 0.15) is 24.8 Å². The third kappa shape index (κ3) is 3.75. The van der Waals surface area contributed by atoms with Crippen molar-refractivity contribution >= 4 is 17.7 Å². The minimum absolute atomic E-state index is 0.0191. The summed E-state index contributed by atoms with van der Waals surface area (Å²) >= 11 is 0. The van der Waals surface area contributed by atoms with Crippen LogP contribution >= 0.6 is 0 Å². The molecule has 2 fully saturated rings. The van der Waals surface area contributed by atoms with Crippen LogP contribution in [0.25, 0.3) is 0 Å². The number of likely N-dealkylation sites (tertiary alicyclic amines) is 2. The Kier molecular flexibility index (Phi) is 5.89. The summed E-state index contributed by atoms with van der Waals surface area (Å²) in [6.07, 6.45) is 5.96. The Morgan fingerprint density at radius 3 is 1.97 bits per heavy atom. The number of hydrogen-bond donors (Lipinski definition) is 0. The number of carbonyl (C=O) groups excluding carboxylic acids is 3. The number of ether oxygens (including phenoxy) is 3. The lowest BCUT2D eigenvalue weighted by Gasteiger charge is -2.43. The highest BCUT2D eigenvalue weighted by molar-refractivity contribution is 6.06. The highest BCUT2D eigenvalue weighted by Gasteiger charge is 2.52. The molecule has 2 aliphatic heterocycles. The van der Waals surface area contributed by atoms with Crippen molar-refractivity contribution in [1.82, 2.24) is 9.80 Å². The average Bonchev–Trinajstić information content (AvgIpc) is 3.01. The zero-order chi connectivity index (χ0) is 22.1. The van der Waals surface area contributed by atoms with Gasteiger partial charge in [0.2, 0.25) is 17.7 Å². The van der Waals surface area contributed by atoms with Gasteiger partial charge in [0, 0.05) is 37.2 Å². The van der Waals surface area contributed by atoms with Crippen molar-refractivity contribution in [3.05, 3.63) is 29.8 Å². The van der Waals surface area contributed by atoms with Gasteiger partial charge in [0.15, 0.2) is 0 Å². The van der Waals surface area contributed by atoms with Crippen LogP contribution in [0.15, 0.2) is 24.3 Å². The second-order valence-corrected chi connectivity index (χ2v) is 8.17. The van der Waals surface area contributed by atoms with Crippen molar-refractivity contribution in [3.63, 3.8) is 0 Å². The third-order valence-electron chi connectivity index (χ3n) is 6.53. The predicted molar refractivity (Wildman–Crippen MR) is 112 cm³/mol. The van der Waals surface area contributed by atoms with Crippen molar-refractivity contribution in [2.75, 3.05) is 34.4 Å². The molecule has 0 spiro atoms. The first-order valence-corrected chi connectivity index (χ1v) is 10.6. The molecule has 2 atom stereocenters. The number of imide groups is 1. The first-order chi connectivity index (χ1) is 15.0. The van der Waals surface area contributed by atoms with Crippen LogP contribution in [-0.4, -0.2) is 68.0 Å². The van der Waals surface area contributed by atoms with E-state index in [1.807, 2.05) is 12.2 Å². The maximum Gasteiger partial charge on any atom is 0.233 e. The van der Waals surface area contributed by atoms with Gasteiger partial charge in [-0.25, -0.2) is 0 Å². The van der Waals surface area contributed by atoms with Gasteiger partial charge in [-0.15, -0.1) is 0 Å². The van der Waals surface area contributed by atoms with Crippen molar-refractivity contribution in [2.45, 2.75) is 31.7 Å². The molecular formula is C23H28N2O6. The molecule has 166 valence electrons. The van der Waals surface area contributed by atoms with E-state index in [-0.39, 0.29) is 42.0 Å². The fourth-order valence-electron chi connectivity index (χ4n) is 4.72. The van der Waals surface area contributed by atoms with Gasteiger partial charge in [0.25, 0.3) is 0 Å². The van der Waals surface area contributed by atoms with E-state index in [1.165, 1.54) is 4.90 Å². The monoisotopic (exact) mass is 428 g/mol. The molecule has 0 aromatic heterocycles. The molecule has 8 heteroatoms. The maximum atomic E-state index is 12.7. The Labute approximate surface area is 181 Å². The summed E-state index contributed by atoms with van der Waals surface area (Å²) in [4.78, 5) is 41.2. The minimum Gasteiger partial charge on any atom is -0.496 e. The first kappa shape index (κ1) is 21.2. The van der Waals surface area contributed by atoms with Crippen molar-refractivity contribution in [1.29, 1.82) is 0 Å². The summed E-state index contributed by atoms with van der Waals surface area (Å²) in [5.74, 6) is 1.20. The molecule has 1 aromatic rings. The van der Waals surface area contributed by atoms with Crippen LogP contribution in [0, 0.1) is 11.8 Å². The van der Waals surface area contributed by atoms with Gasteiger partial charge < -0.3 is 19.1 Å². The van der Waals surface area contributed by atoms with E-state index < -0.39 is 0 Å². The lowest BCUT2D eigenvalue weighted by molar-refractivity contribution is -0.152. The summed E-state index contributed by atoms with van der Waals surface area (Å²) in [7, 11) is 4.70. The van der Waals surface area contributed by atoms with Crippen LogP contribution in [0.2, 0.25) is 0 Å². The Hall–Kier alpha value is -3.03. The topological polar surface area (TPSA) is 85.4 Å². The van der Waals surface area contributed by atoms with E-state index in [1.54, 1.807) is 38.4 Å². The van der Waals surface area contributed by atoms with Gasteiger partial charge in [-0.2, -0.15) is 0 Å². The SMILES string of the molecule is COc1cc(OC)c(CCC(=O)N2CC(N3C(=O)C4CC=CCC4C3=O)C2)c(OC)c1. The first-order valence-electron chi connectivity index (χ1n) is 10.6. The number of benzene rings is 1. The number of amides is 3. The molecular weight excluding hydrogens is 400 g/mol. The Morgan fingerprint density at radius 1 is 0.935 bits per heavy atom. The summed E-state index contributed by atoms with van der Waals surface area (Å²) < 4.78 is 16.2. The molecule has 3 amide bonds. The number of carbonyl (C=O) groups is 3. The Morgan fingerprint density at radius 2 is 1.48 bits per heavy atom. The average molecular weight is 428 g/mol. The van der Waals surface area contributed by atoms with E-state index in [0.29, 0.717) is 49.6 Å². The van der Waals surface area contributed by atoms with Crippen molar-refractivity contribution in [2.24, 2.45) is 11.8 Å². The molecule has 31 heavy (non-hydrogen) atoms. The molecule has 0 radical (unpaired) electrons. The number of fused-ring (bicyclic) bond motifs is 1. The summed E-state index contributed by atoms with van der Waals surface area (Å²) in [5, 5.41) is 0. The lowest BCUT2D eigenvalue weighted by Crippen LogP contribution is -2.62. The third-order valence-corrected chi connectivity index (χ3v) is 6.53. The number of allylic oxidation sites excluding steroid dienone is 2. The lowest BCUT2D eigenvalue weighted by atomic mass is 9.85. The smallest absolute Gasteiger partial charge is 0.233 e. The Balaban J connectivity index is 1.35. The normalized spacial score (nSPS) is 22.9. The van der Waals surface area contributed by atoms with Gasteiger partial charge >= 0.3 is 0 Å². The molecule has 2 saturated heterocycles. The van der Waals surface area contributed by atoms with Crippen LogP contribution < -0.4 is 14.2 Å². The number of methoxy groups -OCH3 is 3. The molecule has 1 aliphatic carbocycles. The molecule has 8 nitrogen and oxygen atoms in total. The second kappa shape index (κ2) is 8.61. The zero-order valence-corrected chi connectivity index (χ0v) is 18.1. The molecule has 4 rings (SSSR count). The molecule has 3 aliphatic rings. The number of rotatable bonds is 7. The molecule has 1 aromatic carbocycles. The Bertz CT molecular complexity index is 870. The molecule has 0 saturated carbocycles. The number of nitrogens with zero attached hydrogens (tertiary/aromatic N) is 2. The molecule has 2 unspecified atom stereocenters. The van der Waals surface area contributed by atoms with Gasteiger partial charge in [-0.1, -0.05) is 12.2 Å². The van der Waals surface area contributed by atoms with Gasteiger partial charge in [-0.05, 0) is 19.3 Å². The summed E-state index contributed by atoms with van der Waals surface area (Å²) in [6.45, 7) is 0.806. The fraction of sp³-hybridized carbons (Fsp3) is 0.522. The fourth-order valence-corrected chi connectivity index (χ4v) is 4.72. The largest absolute Gasteiger partial charge is 0.496 e. The molecule has 0 N–H and O–H groups in total. The van der Waals surface area contributed by atoms with Gasteiger partial charge in [0.1, 0.15) is 17.2 Å². The van der Waals surface area contributed by atoms with E-state index >= 15 is 0 Å². The van der Waals surface area contributed by atoms with Crippen molar-refractivity contribution in [3.8, 4) is 17.2 Å². The van der Waals surface area contributed by atoms with Crippen LogP contribution in [0.3, 0.4) is 0 Å². The molecule has 0 bridgehead atoms. The quantitative estimate of drug-likeness (QED) is 0.486. The van der Waals surface area contributed by atoms with E-state index in [0.717, 1.165) is 5.56 Å². The van der Waals surface area contributed by atoms with Gasteiger partial charge in [-0.3, -0.25) is 19.3 Å². The summed E-state index contributed by atoms with van der Waals surface area (Å²) in [6, 6.07) is 3.32. The van der Waals surface area contributed by atoms with E-state index in [2.05, 4.69) is 0 Å².